The maximum Gasteiger partial charge on any atom is 0.231 e. The SMILES string of the molecule is CC(C)NCC(C(=O)N1CCN(C2N=CNC3=C2[C@H](C)C[C@H]3O)CC1)c1ccc(Cl)cc1Cl. The number of piperazine rings is 1. The van der Waals surface area contributed by atoms with Gasteiger partial charge in [0.05, 0.1) is 18.4 Å². The predicted octanol–water partition coefficient (Wildman–Crippen LogP) is 2.83. The molecule has 180 valence electrons. The minimum Gasteiger partial charge on any atom is -0.387 e. The lowest BCUT2D eigenvalue weighted by molar-refractivity contribution is -0.134. The summed E-state index contributed by atoms with van der Waals surface area (Å²) in [6.45, 7) is 9.49. The van der Waals surface area contributed by atoms with Crippen LogP contribution in [0.4, 0.5) is 0 Å². The molecule has 1 aromatic rings. The number of nitrogens with zero attached hydrogens (tertiary/aromatic N) is 3. The van der Waals surface area contributed by atoms with Crippen molar-refractivity contribution in [1.82, 2.24) is 20.4 Å². The Morgan fingerprint density at radius 1 is 1.27 bits per heavy atom. The van der Waals surface area contributed by atoms with Gasteiger partial charge in [0.2, 0.25) is 5.91 Å². The minimum absolute atomic E-state index is 0.0743. The summed E-state index contributed by atoms with van der Waals surface area (Å²) in [4.78, 5) is 22.5. The number of nitrogens with one attached hydrogen (secondary N) is 2. The fourth-order valence-electron chi connectivity index (χ4n) is 5.03. The first kappa shape index (κ1) is 24.5. The van der Waals surface area contributed by atoms with Gasteiger partial charge in [0.25, 0.3) is 0 Å². The number of hydrogen-bond acceptors (Lipinski definition) is 6. The zero-order valence-electron chi connectivity index (χ0n) is 19.4. The molecule has 9 heteroatoms. The predicted molar refractivity (Wildman–Crippen MR) is 133 cm³/mol. The monoisotopic (exact) mass is 493 g/mol. The van der Waals surface area contributed by atoms with Crippen LogP contribution in [0.25, 0.3) is 0 Å². The molecule has 0 saturated carbocycles. The molecule has 1 fully saturated rings. The van der Waals surface area contributed by atoms with Crippen LogP contribution in [0.1, 0.15) is 38.7 Å². The van der Waals surface area contributed by atoms with Gasteiger partial charge in [0.15, 0.2) is 0 Å². The van der Waals surface area contributed by atoms with E-state index < -0.39 is 6.10 Å². The van der Waals surface area contributed by atoms with Gasteiger partial charge in [-0.3, -0.25) is 14.7 Å². The average molecular weight is 494 g/mol. The van der Waals surface area contributed by atoms with Gasteiger partial charge < -0.3 is 20.6 Å². The summed E-state index contributed by atoms with van der Waals surface area (Å²) in [5.41, 5.74) is 2.88. The fraction of sp³-hybridized carbons (Fsp3) is 0.583. The maximum absolute atomic E-state index is 13.6. The molecule has 1 aromatic carbocycles. The van der Waals surface area contributed by atoms with Crippen LogP contribution in [-0.4, -0.2) is 78.2 Å². The molecule has 0 radical (unpaired) electrons. The smallest absolute Gasteiger partial charge is 0.231 e. The topological polar surface area (TPSA) is 80.2 Å². The molecular formula is C24H33Cl2N5O2. The standard InChI is InChI=1S/C24H33Cl2N5O2/c1-14(2)27-12-18(17-5-4-16(25)11-19(17)26)24(33)31-8-6-30(7-9-31)23-21-15(3)10-20(32)22(21)28-13-29-23/h4-5,11,13-15,18,20,23,27,32H,6-10,12H2,1-3H3,(H,28,29)/t15-,18?,20-,23?/m1/s1. The van der Waals surface area contributed by atoms with E-state index in [1.807, 2.05) is 11.0 Å². The van der Waals surface area contributed by atoms with Crippen LogP contribution in [0.15, 0.2) is 34.5 Å². The largest absolute Gasteiger partial charge is 0.387 e. The molecule has 0 spiro atoms. The Balaban J connectivity index is 1.46. The molecule has 2 heterocycles. The highest BCUT2D eigenvalue weighted by Crippen LogP contribution is 2.37. The van der Waals surface area contributed by atoms with E-state index in [-0.39, 0.29) is 30.0 Å². The molecule has 0 bridgehead atoms. The molecule has 1 aliphatic carbocycles. The molecular weight excluding hydrogens is 461 g/mol. The van der Waals surface area contributed by atoms with Crippen molar-refractivity contribution in [3.05, 3.63) is 45.1 Å². The average Bonchev–Trinajstić information content (AvgIpc) is 3.08. The Bertz CT molecular complexity index is 943. The van der Waals surface area contributed by atoms with E-state index in [2.05, 4.69) is 41.3 Å². The van der Waals surface area contributed by atoms with Crippen molar-refractivity contribution in [2.75, 3.05) is 32.7 Å². The van der Waals surface area contributed by atoms with Crippen molar-refractivity contribution < 1.29 is 9.90 Å². The fourth-order valence-corrected chi connectivity index (χ4v) is 5.57. The van der Waals surface area contributed by atoms with Crippen LogP contribution in [0, 0.1) is 5.92 Å². The summed E-state index contributed by atoms with van der Waals surface area (Å²) < 4.78 is 0. The first-order chi connectivity index (χ1) is 15.8. The Morgan fingerprint density at radius 3 is 2.67 bits per heavy atom. The number of aliphatic imine (C=N–C) groups is 1. The first-order valence-electron chi connectivity index (χ1n) is 11.7. The molecule has 1 saturated heterocycles. The molecule has 2 aliphatic heterocycles. The van der Waals surface area contributed by atoms with E-state index in [1.165, 1.54) is 5.57 Å². The van der Waals surface area contributed by atoms with Gasteiger partial charge in [-0.05, 0) is 35.6 Å². The van der Waals surface area contributed by atoms with E-state index in [0.29, 0.717) is 29.7 Å². The van der Waals surface area contributed by atoms with Gasteiger partial charge in [0, 0.05) is 54.5 Å². The summed E-state index contributed by atoms with van der Waals surface area (Å²) in [6.07, 6.45) is 1.89. The number of carbonyl (C=O) groups is 1. The summed E-state index contributed by atoms with van der Waals surface area (Å²) >= 11 is 12.6. The van der Waals surface area contributed by atoms with Crippen LogP contribution in [0.5, 0.6) is 0 Å². The second kappa shape index (κ2) is 10.3. The van der Waals surface area contributed by atoms with Crippen molar-refractivity contribution in [2.24, 2.45) is 10.9 Å². The number of hydrogen-bond donors (Lipinski definition) is 3. The molecule has 33 heavy (non-hydrogen) atoms. The normalized spacial score (nSPS) is 26.5. The molecule has 1 amide bonds. The summed E-state index contributed by atoms with van der Waals surface area (Å²) in [6, 6.07) is 5.60. The van der Waals surface area contributed by atoms with Gasteiger partial charge >= 0.3 is 0 Å². The number of amides is 1. The third-order valence-electron chi connectivity index (χ3n) is 6.80. The van der Waals surface area contributed by atoms with Crippen molar-refractivity contribution in [3.63, 3.8) is 0 Å². The second-order valence-electron chi connectivity index (χ2n) is 9.46. The van der Waals surface area contributed by atoms with Gasteiger partial charge in [0.1, 0.15) is 6.17 Å². The molecule has 0 aromatic heterocycles. The van der Waals surface area contributed by atoms with E-state index in [1.54, 1.807) is 18.5 Å². The first-order valence-corrected chi connectivity index (χ1v) is 12.4. The third kappa shape index (κ3) is 5.23. The summed E-state index contributed by atoms with van der Waals surface area (Å²) in [5, 5.41) is 18.0. The number of halogens is 2. The zero-order valence-corrected chi connectivity index (χ0v) is 20.9. The lowest BCUT2D eigenvalue weighted by Gasteiger charge is -2.41. The third-order valence-corrected chi connectivity index (χ3v) is 7.37. The Kier molecular flexibility index (Phi) is 7.66. The van der Waals surface area contributed by atoms with Crippen molar-refractivity contribution in [2.45, 2.75) is 51.4 Å². The van der Waals surface area contributed by atoms with Crippen molar-refractivity contribution >= 4 is 35.4 Å². The van der Waals surface area contributed by atoms with E-state index >= 15 is 0 Å². The Morgan fingerprint density at radius 2 is 2.00 bits per heavy atom. The highest BCUT2D eigenvalue weighted by atomic mass is 35.5. The number of aliphatic hydroxyl groups is 1. The summed E-state index contributed by atoms with van der Waals surface area (Å²) in [7, 11) is 0. The van der Waals surface area contributed by atoms with Crippen LogP contribution in [0.2, 0.25) is 10.0 Å². The van der Waals surface area contributed by atoms with E-state index in [0.717, 1.165) is 30.8 Å². The van der Waals surface area contributed by atoms with Crippen LogP contribution < -0.4 is 10.6 Å². The number of rotatable bonds is 6. The molecule has 4 rings (SSSR count). The van der Waals surface area contributed by atoms with Crippen LogP contribution in [-0.2, 0) is 4.79 Å². The van der Waals surface area contributed by atoms with E-state index in [4.69, 9.17) is 23.2 Å². The lowest BCUT2D eigenvalue weighted by atomic mass is 9.96. The summed E-state index contributed by atoms with van der Waals surface area (Å²) in [5.74, 6) is -0.0199. The molecule has 7 nitrogen and oxygen atoms in total. The molecule has 2 unspecified atom stereocenters. The van der Waals surface area contributed by atoms with Crippen LogP contribution >= 0.6 is 23.2 Å². The Hall–Kier alpha value is -1.64. The number of aliphatic hydroxyl groups excluding tert-OH is 1. The van der Waals surface area contributed by atoms with Gasteiger partial charge in [-0.1, -0.05) is 50.0 Å². The van der Waals surface area contributed by atoms with Crippen LogP contribution in [0.3, 0.4) is 0 Å². The number of carbonyl (C=O) groups excluding carboxylic acids is 1. The van der Waals surface area contributed by atoms with Gasteiger partial charge in [-0.2, -0.15) is 0 Å². The maximum atomic E-state index is 13.6. The highest BCUT2D eigenvalue weighted by molar-refractivity contribution is 6.35. The highest BCUT2D eigenvalue weighted by Gasteiger charge is 2.39. The lowest BCUT2D eigenvalue weighted by Crippen LogP contribution is -2.54. The molecule has 3 aliphatic rings. The quantitative estimate of drug-likeness (QED) is 0.567. The van der Waals surface area contributed by atoms with Crippen molar-refractivity contribution in [3.8, 4) is 0 Å². The Labute approximate surface area is 205 Å². The minimum atomic E-state index is -0.453. The zero-order chi connectivity index (χ0) is 23.7. The molecule has 4 atom stereocenters. The van der Waals surface area contributed by atoms with E-state index in [9.17, 15) is 9.90 Å². The van der Waals surface area contributed by atoms with Gasteiger partial charge in [-0.25, -0.2) is 0 Å². The molecule has 3 N–H and O–H groups in total. The number of benzene rings is 1. The van der Waals surface area contributed by atoms with Gasteiger partial charge in [-0.15, -0.1) is 0 Å². The second-order valence-corrected chi connectivity index (χ2v) is 10.3. The van der Waals surface area contributed by atoms with Crippen molar-refractivity contribution in [1.29, 1.82) is 0 Å².